The van der Waals surface area contributed by atoms with Crippen LogP contribution in [0.2, 0.25) is 0 Å². The highest BCUT2D eigenvalue weighted by Gasteiger charge is 2.19. The third-order valence-electron chi connectivity index (χ3n) is 3.56. The molecule has 122 valence electrons. The van der Waals surface area contributed by atoms with Crippen LogP contribution in [-0.2, 0) is 4.79 Å². The smallest absolute Gasteiger partial charge is 0.230 e. The second kappa shape index (κ2) is 6.71. The first-order valence-electron chi connectivity index (χ1n) is 7.27. The van der Waals surface area contributed by atoms with Crippen LogP contribution in [0.3, 0.4) is 0 Å². The Labute approximate surface area is 143 Å². The number of rotatable bonds is 4. The largest absolute Gasteiger partial charge is 0.274 e. The minimum absolute atomic E-state index is 0.0830. The molecule has 0 aliphatic rings. The number of carbonyl (C=O) groups is 1. The topological polar surface area (TPSA) is 76.3 Å². The van der Waals surface area contributed by atoms with Crippen LogP contribution in [0, 0.1) is 13.8 Å². The Morgan fingerprint density at radius 3 is 2.75 bits per heavy atom. The zero-order valence-corrected chi connectivity index (χ0v) is 14.4. The SMILES string of the molecule is CC(=O)N(c1nc(/C=N\n2cnnc2)cs1)c1cccc(C)c1C. The van der Waals surface area contributed by atoms with Crippen molar-refractivity contribution >= 4 is 34.3 Å². The number of nitrogens with zero attached hydrogens (tertiary/aromatic N) is 6. The van der Waals surface area contributed by atoms with Crippen LogP contribution >= 0.6 is 11.3 Å². The monoisotopic (exact) mass is 340 g/mol. The van der Waals surface area contributed by atoms with Crippen LogP contribution in [-0.4, -0.2) is 32.0 Å². The van der Waals surface area contributed by atoms with E-state index >= 15 is 0 Å². The number of hydrogen-bond acceptors (Lipinski definition) is 6. The highest BCUT2D eigenvalue weighted by Crippen LogP contribution is 2.32. The van der Waals surface area contributed by atoms with Gasteiger partial charge in [-0.1, -0.05) is 12.1 Å². The summed E-state index contributed by atoms with van der Waals surface area (Å²) >= 11 is 1.39. The van der Waals surface area contributed by atoms with E-state index in [0.29, 0.717) is 10.8 Å². The van der Waals surface area contributed by atoms with E-state index in [-0.39, 0.29) is 5.91 Å². The van der Waals surface area contributed by atoms with Gasteiger partial charge in [0.1, 0.15) is 12.7 Å². The van der Waals surface area contributed by atoms with Crippen molar-refractivity contribution in [2.45, 2.75) is 20.8 Å². The molecule has 0 N–H and O–H groups in total. The number of aryl methyl sites for hydroxylation is 1. The molecule has 0 saturated heterocycles. The van der Waals surface area contributed by atoms with Crippen LogP contribution in [0.25, 0.3) is 0 Å². The highest BCUT2D eigenvalue weighted by atomic mass is 32.1. The number of benzene rings is 1. The molecule has 0 atom stereocenters. The summed E-state index contributed by atoms with van der Waals surface area (Å²) in [6, 6.07) is 5.89. The van der Waals surface area contributed by atoms with Gasteiger partial charge in [0.05, 0.1) is 17.6 Å². The maximum Gasteiger partial charge on any atom is 0.230 e. The van der Waals surface area contributed by atoms with Gasteiger partial charge in [0.15, 0.2) is 5.13 Å². The van der Waals surface area contributed by atoms with Crippen molar-refractivity contribution in [3.8, 4) is 0 Å². The Bertz CT molecular complexity index is 884. The number of thiazole rings is 1. The van der Waals surface area contributed by atoms with Crippen molar-refractivity contribution in [1.82, 2.24) is 19.9 Å². The molecule has 2 heterocycles. The molecule has 0 unspecified atom stereocenters. The van der Waals surface area contributed by atoms with Gasteiger partial charge in [-0.2, -0.15) is 5.10 Å². The predicted molar refractivity (Wildman–Crippen MR) is 93.9 cm³/mol. The van der Waals surface area contributed by atoms with Gasteiger partial charge in [-0.25, -0.2) is 9.66 Å². The van der Waals surface area contributed by atoms with E-state index in [0.717, 1.165) is 16.8 Å². The van der Waals surface area contributed by atoms with Gasteiger partial charge in [-0.05, 0) is 31.0 Å². The average molecular weight is 340 g/mol. The zero-order chi connectivity index (χ0) is 17.1. The Morgan fingerprint density at radius 1 is 1.29 bits per heavy atom. The van der Waals surface area contributed by atoms with Crippen LogP contribution in [0.5, 0.6) is 0 Å². The lowest BCUT2D eigenvalue weighted by molar-refractivity contribution is -0.115. The van der Waals surface area contributed by atoms with E-state index in [1.54, 1.807) is 11.1 Å². The second-order valence-electron chi connectivity index (χ2n) is 5.21. The maximum atomic E-state index is 12.2. The van der Waals surface area contributed by atoms with Gasteiger partial charge in [-0.15, -0.1) is 21.5 Å². The molecule has 3 aromatic rings. The van der Waals surface area contributed by atoms with Gasteiger partial charge in [0.25, 0.3) is 0 Å². The summed E-state index contributed by atoms with van der Waals surface area (Å²) in [7, 11) is 0. The fourth-order valence-electron chi connectivity index (χ4n) is 2.20. The van der Waals surface area contributed by atoms with Crippen molar-refractivity contribution in [2.24, 2.45) is 5.10 Å². The number of aromatic nitrogens is 4. The Kier molecular flexibility index (Phi) is 4.48. The van der Waals surface area contributed by atoms with E-state index in [4.69, 9.17) is 0 Å². The van der Waals surface area contributed by atoms with Gasteiger partial charge in [-0.3, -0.25) is 9.69 Å². The molecule has 7 nitrogen and oxygen atoms in total. The molecule has 8 heteroatoms. The number of carbonyl (C=O) groups excluding carboxylic acids is 1. The predicted octanol–water partition coefficient (Wildman–Crippen LogP) is 2.92. The minimum atomic E-state index is -0.0830. The Morgan fingerprint density at radius 2 is 2.04 bits per heavy atom. The summed E-state index contributed by atoms with van der Waals surface area (Å²) in [5, 5.41) is 14.0. The summed E-state index contributed by atoms with van der Waals surface area (Å²) in [6.07, 6.45) is 4.58. The van der Waals surface area contributed by atoms with Gasteiger partial charge < -0.3 is 0 Å². The van der Waals surface area contributed by atoms with Crippen LogP contribution < -0.4 is 4.90 Å². The van der Waals surface area contributed by atoms with Gasteiger partial charge in [0.2, 0.25) is 5.91 Å². The summed E-state index contributed by atoms with van der Waals surface area (Å²) in [6.45, 7) is 5.56. The maximum absolute atomic E-state index is 12.2. The van der Waals surface area contributed by atoms with Crippen LogP contribution in [0.15, 0.2) is 41.3 Å². The average Bonchev–Trinajstić information content (AvgIpc) is 3.21. The molecule has 0 fully saturated rings. The van der Waals surface area contributed by atoms with Gasteiger partial charge in [0, 0.05) is 12.3 Å². The number of amides is 1. The molecule has 0 radical (unpaired) electrons. The summed E-state index contributed by atoms with van der Waals surface area (Å²) < 4.78 is 1.48. The quantitative estimate of drug-likeness (QED) is 0.684. The molecule has 0 aliphatic carbocycles. The Hall–Kier alpha value is -2.87. The molecule has 1 aromatic carbocycles. The summed E-state index contributed by atoms with van der Waals surface area (Å²) in [4.78, 5) is 18.3. The van der Waals surface area contributed by atoms with Crippen molar-refractivity contribution < 1.29 is 4.79 Å². The lowest BCUT2D eigenvalue weighted by atomic mass is 10.1. The van der Waals surface area contributed by atoms with E-state index in [9.17, 15) is 4.79 Å². The molecule has 24 heavy (non-hydrogen) atoms. The lowest BCUT2D eigenvalue weighted by Gasteiger charge is -2.21. The van der Waals surface area contributed by atoms with Crippen LogP contribution in [0.4, 0.5) is 10.8 Å². The molecular formula is C16H16N6OS. The standard InChI is InChI=1S/C16H16N6OS/c1-11-5-4-6-15(12(11)2)22(13(3)23)16-20-14(8-24-16)7-19-21-9-17-18-10-21/h4-10H,1-3H3/b19-7-. The summed E-state index contributed by atoms with van der Waals surface area (Å²) in [5.74, 6) is -0.0830. The van der Waals surface area contributed by atoms with Crippen molar-refractivity contribution in [3.63, 3.8) is 0 Å². The molecule has 1 amide bonds. The first-order chi connectivity index (χ1) is 11.6. The fraction of sp³-hybridized carbons (Fsp3) is 0.188. The molecule has 0 bridgehead atoms. The molecule has 0 spiro atoms. The van der Waals surface area contributed by atoms with Crippen molar-refractivity contribution in [1.29, 1.82) is 0 Å². The number of anilines is 2. The normalized spacial score (nSPS) is 11.1. The van der Waals surface area contributed by atoms with Crippen molar-refractivity contribution in [3.05, 3.63) is 53.1 Å². The zero-order valence-electron chi connectivity index (χ0n) is 13.5. The van der Waals surface area contributed by atoms with Gasteiger partial charge >= 0.3 is 0 Å². The molecule has 3 rings (SSSR count). The lowest BCUT2D eigenvalue weighted by Crippen LogP contribution is -2.23. The third kappa shape index (κ3) is 3.23. The Balaban J connectivity index is 1.93. The second-order valence-corrected chi connectivity index (χ2v) is 6.05. The third-order valence-corrected chi connectivity index (χ3v) is 4.41. The van der Waals surface area contributed by atoms with E-state index in [1.165, 1.54) is 35.6 Å². The first kappa shape index (κ1) is 16.0. The minimum Gasteiger partial charge on any atom is -0.274 e. The molecule has 0 saturated carbocycles. The first-order valence-corrected chi connectivity index (χ1v) is 8.15. The molecular weight excluding hydrogens is 324 g/mol. The highest BCUT2D eigenvalue weighted by molar-refractivity contribution is 7.14. The van der Waals surface area contributed by atoms with E-state index in [1.807, 2.05) is 37.4 Å². The van der Waals surface area contributed by atoms with E-state index < -0.39 is 0 Å². The fourth-order valence-corrected chi connectivity index (χ4v) is 3.03. The summed E-state index contributed by atoms with van der Waals surface area (Å²) in [5.41, 5.74) is 3.70. The molecule has 0 aliphatic heterocycles. The molecule has 2 aromatic heterocycles. The van der Waals surface area contributed by atoms with Crippen molar-refractivity contribution in [2.75, 3.05) is 4.90 Å². The number of hydrogen-bond donors (Lipinski definition) is 0. The van der Waals surface area contributed by atoms with Crippen LogP contribution in [0.1, 0.15) is 23.7 Å². The van der Waals surface area contributed by atoms with E-state index in [2.05, 4.69) is 20.3 Å².